The third kappa shape index (κ3) is 5.76. The third-order valence-electron chi connectivity index (χ3n) is 6.33. The van der Waals surface area contributed by atoms with Crippen LogP contribution in [0.2, 0.25) is 0 Å². The Bertz CT molecular complexity index is 1190. The van der Waals surface area contributed by atoms with Gasteiger partial charge in [0.1, 0.15) is 11.8 Å². The van der Waals surface area contributed by atoms with E-state index in [9.17, 15) is 14.4 Å². The van der Waals surface area contributed by atoms with Crippen LogP contribution in [0.3, 0.4) is 0 Å². The number of furan rings is 1. The van der Waals surface area contributed by atoms with Crippen molar-refractivity contribution in [1.82, 2.24) is 10.6 Å². The van der Waals surface area contributed by atoms with E-state index < -0.39 is 17.9 Å². The number of hydrogen-bond donors (Lipinski definition) is 2. The average molecular weight is 490 g/mol. The maximum Gasteiger partial charge on any atom is 0.287 e. The zero-order valence-electron chi connectivity index (χ0n) is 20.5. The lowest BCUT2D eigenvalue weighted by Crippen LogP contribution is -2.49. The highest BCUT2D eigenvalue weighted by molar-refractivity contribution is 6.05. The lowest BCUT2D eigenvalue weighted by Gasteiger charge is -2.33. The number of nitrogens with one attached hydrogen (secondary N) is 2. The summed E-state index contributed by atoms with van der Waals surface area (Å²) in [6, 6.07) is 16.8. The Hall–Kier alpha value is -4.07. The van der Waals surface area contributed by atoms with Gasteiger partial charge in [-0.3, -0.25) is 19.3 Å². The maximum absolute atomic E-state index is 13.8. The number of carbonyl (C=O) groups excluding carboxylic acids is 3. The molecule has 36 heavy (non-hydrogen) atoms. The van der Waals surface area contributed by atoms with Crippen molar-refractivity contribution in [1.29, 1.82) is 0 Å². The summed E-state index contributed by atoms with van der Waals surface area (Å²) in [7, 11) is 1.52. The van der Waals surface area contributed by atoms with E-state index in [2.05, 4.69) is 10.6 Å². The molecule has 0 bridgehead atoms. The Morgan fingerprint density at radius 2 is 1.81 bits per heavy atom. The van der Waals surface area contributed by atoms with Crippen molar-refractivity contribution < 1.29 is 23.5 Å². The van der Waals surface area contributed by atoms with E-state index in [-0.39, 0.29) is 24.3 Å². The first-order valence-electron chi connectivity index (χ1n) is 12.1. The molecule has 0 aliphatic heterocycles. The van der Waals surface area contributed by atoms with Crippen LogP contribution in [0.1, 0.15) is 53.4 Å². The minimum absolute atomic E-state index is 0.0683. The smallest absolute Gasteiger partial charge is 0.287 e. The molecule has 2 N–H and O–H groups in total. The zero-order valence-corrected chi connectivity index (χ0v) is 20.5. The summed E-state index contributed by atoms with van der Waals surface area (Å²) in [6.07, 6.45) is 5.34. The van der Waals surface area contributed by atoms with E-state index in [0.29, 0.717) is 17.0 Å². The number of ether oxygens (including phenoxy) is 1. The third-order valence-corrected chi connectivity index (χ3v) is 6.33. The van der Waals surface area contributed by atoms with Gasteiger partial charge in [0.05, 0.1) is 25.6 Å². The molecule has 8 nitrogen and oxygen atoms in total. The molecule has 3 amide bonds. The molecule has 0 unspecified atom stereocenters. The van der Waals surface area contributed by atoms with E-state index in [1.165, 1.54) is 24.3 Å². The van der Waals surface area contributed by atoms with Gasteiger partial charge in [0.25, 0.3) is 5.91 Å². The van der Waals surface area contributed by atoms with Crippen LogP contribution < -0.4 is 20.3 Å². The molecule has 0 radical (unpaired) electrons. The molecule has 3 aromatic rings. The number of benzene rings is 2. The summed E-state index contributed by atoms with van der Waals surface area (Å²) >= 11 is 0. The summed E-state index contributed by atoms with van der Waals surface area (Å²) in [5.74, 6) is -0.713. The highest BCUT2D eigenvalue weighted by Gasteiger charge is 2.35. The van der Waals surface area contributed by atoms with E-state index >= 15 is 0 Å². The van der Waals surface area contributed by atoms with E-state index in [4.69, 9.17) is 9.15 Å². The SMILES string of the molecule is COc1ccc(C)cc1N(C(=O)CNC(=O)c1ccco1)[C@@H](C(=O)NC1CCCC1)c1ccccc1. The van der Waals surface area contributed by atoms with E-state index in [0.717, 1.165) is 31.2 Å². The second-order valence-electron chi connectivity index (χ2n) is 8.90. The van der Waals surface area contributed by atoms with Gasteiger partial charge in [0.2, 0.25) is 11.8 Å². The minimum Gasteiger partial charge on any atom is -0.495 e. The van der Waals surface area contributed by atoms with Gasteiger partial charge in [0.15, 0.2) is 5.76 Å². The molecule has 0 spiro atoms. The van der Waals surface area contributed by atoms with Gasteiger partial charge in [0, 0.05) is 6.04 Å². The predicted molar refractivity (Wildman–Crippen MR) is 136 cm³/mol. The van der Waals surface area contributed by atoms with Gasteiger partial charge < -0.3 is 19.8 Å². The van der Waals surface area contributed by atoms with Crippen molar-refractivity contribution >= 4 is 23.4 Å². The van der Waals surface area contributed by atoms with Gasteiger partial charge >= 0.3 is 0 Å². The molecule has 2 aromatic carbocycles. The minimum atomic E-state index is -0.962. The van der Waals surface area contributed by atoms with Crippen LogP contribution in [0.4, 0.5) is 5.69 Å². The molecule has 1 aliphatic rings. The standard InChI is InChI=1S/C28H31N3O5/c1-19-14-15-23(35-2)22(17-19)31(25(32)18-29-27(33)24-13-8-16-36-24)26(20-9-4-3-5-10-20)28(34)30-21-11-6-7-12-21/h3-5,8-10,13-17,21,26H,6-7,11-12,18H2,1-2H3,(H,29,33)(H,30,34)/t26-/m1/s1. The summed E-state index contributed by atoms with van der Waals surface area (Å²) in [5.41, 5.74) is 2.00. The number of rotatable bonds is 9. The normalized spacial score (nSPS) is 14.2. The van der Waals surface area contributed by atoms with Crippen LogP contribution in [-0.4, -0.2) is 37.4 Å². The fourth-order valence-electron chi connectivity index (χ4n) is 4.54. The first kappa shape index (κ1) is 25.0. The van der Waals surface area contributed by atoms with Crippen molar-refractivity contribution in [3.8, 4) is 5.75 Å². The van der Waals surface area contributed by atoms with Crippen molar-refractivity contribution in [2.24, 2.45) is 0 Å². The molecule has 1 aromatic heterocycles. The average Bonchev–Trinajstić information content (AvgIpc) is 3.61. The largest absolute Gasteiger partial charge is 0.495 e. The molecule has 1 fully saturated rings. The first-order chi connectivity index (χ1) is 17.5. The number of anilines is 1. The Labute approximate surface area is 210 Å². The number of aryl methyl sites for hydroxylation is 1. The number of hydrogen-bond acceptors (Lipinski definition) is 5. The van der Waals surface area contributed by atoms with Crippen LogP contribution in [0, 0.1) is 6.92 Å². The van der Waals surface area contributed by atoms with Crippen molar-refractivity contribution in [3.05, 3.63) is 83.8 Å². The molecule has 188 valence electrons. The van der Waals surface area contributed by atoms with Crippen LogP contribution in [0.25, 0.3) is 0 Å². The zero-order chi connectivity index (χ0) is 25.5. The lowest BCUT2D eigenvalue weighted by molar-refractivity contribution is -0.126. The van der Waals surface area contributed by atoms with Gasteiger partial charge in [-0.25, -0.2) is 0 Å². The number of amides is 3. The van der Waals surface area contributed by atoms with E-state index in [1.54, 1.807) is 12.1 Å². The number of methoxy groups -OCH3 is 1. The molecular weight excluding hydrogens is 458 g/mol. The maximum atomic E-state index is 13.8. The van der Waals surface area contributed by atoms with Crippen molar-refractivity contribution in [2.45, 2.75) is 44.7 Å². The molecule has 1 aliphatic carbocycles. The molecule has 8 heteroatoms. The molecule has 1 saturated carbocycles. The quantitative estimate of drug-likeness (QED) is 0.470. The van der Waals surface area contributed by atoms with Gasteiger partial charge in [-0.15, -0.1) is 0 Å². The van der Waals surface area contributed by atoms with Crippen LogP contribution in [0.5, 0.6) is 5.75 Å². The highest BCUT2D eigenvalue weighted by Crippen LogP contribution is 2.36. The summed E-state index contributed by atoms with van der Waals surface area (Å²) in [5, 5.41) is 5.76. The molecule has 4 rings (SSSR count). The molecular formula is C28H31N3O5. The molecule has 1 heterocycles. The Kier molecular flexibility index (Phi) is 8.05. The van der Waals surface area contributed by atoms with Crippen molar-refractivity contribution in [2.75, 3.05) is 18.6 Å². The molecule has 1 atom stereocenters. The second-order valence-corrected chi connectivity index (χ2v) is 8.90. The summed E-state index contributed by atoms with van der Waals surface area (Å²) in [6.45, 7) is 1.57. The van der Waals surface area contributed by atoms with Crippen LogP contribution in [0.15, 0.2) is 71.3 Å². The topological polar surface area (TPSA) is 101 Å². The second kappa shape index (κ2) is 11.6. The van der Waals surface area contributed by atoms with Gasteiger partial charge in [-0.2, -0.15) is 0 Å². The number of carbonyl (C=O) groups is 3. The van der Waals surface area contributed by atoms with Gasteiger partial charge in [-0.05, 0) is 55.2 Å². The highest BCUT2D eigenvalue weighted by atomic mass is 16.5. The first-order valence-corrected chi connectivity index (χ1v) is 12.1. The Balaban J connectivity index is 1.73. The lowest BCUT2D eigenvalue weighted by atomic mass is 10.0. The predicted octanol–water partition coefficient (Wildman–Crippen LogP) is 4.16. The van der Waals surface area contributed by atoms with Crippen molar-refractivity contribution in [3.63, 3.8) is 0 Å². The summed E-state index contributed by atoms with van der Waals surface area (Å²) < 4.78 is 10.7. The Morgan fingerprint density at radius 1 is 1.06 bits per heavy atom. The van der Waals surface area contributed by atoms with Crippen LogP contribution in [-0.2, 0) is 9.59 Å². The van der Waals surface area contributed by atoms with Gasteiger partial charge in [-0.1, -0.05) is 49.2 Å². The monoisotopic (exact) mass is 489 g/mol. The summed E-state index contributed by atoms with van der Waals surface area (Å²) in [4.78, 5) is 41.5. The fourth-order valence-corrected chi connectivity index (χ4v) is 4.54. The van der Waals surface area contributed by atoms with Crippen LogP contribution >= 0.6 is 0 Å². The number of nitrogens with zero attached hydrogens (tertiary/aromatic N) is 1. The Morgan fingerprint density at radius 3 is 2.47 bits per heavy atom. The fraction of sp³-hybridized carbons (Fsp3) is 0.321. The molecule has 0 saturated heterocycles. The van der Waals surface area contributed by atoms with E-state index in [1.807, 2.05) is 49.4 Å².